The highest BCUT2D eigenvalue weighted by atomic mass is 16.3. The van der Waals surface area contributed by atoms with Gasteiger partial charge in [0.15, 0.2) is 0 Å². The Morgan fingerprint density at radius 2 is 1.06 bits per heavy atom. The summed E-state index contributed by atoms with van der Waals surface area (Å²) in [5.41, 5.74) is 0. The highest BCUT2D eigenvalue weighted by Crippen LogP contribution is 2.43. The van der Waals surface area contributed by atoms with Crippen LogP contribution in [0, 0.1) is 23.7 Å². The summed E-state index contributed by atoms with van der Waals surface area (Å²) in [6, 6.07) is 0. The molecule has 2 N–H and O–H groups in total. The maximum Gasteiger partial charge on any atom is 0.0543 e. The molecule has 2 aliphatic carbocycles. The van der Waals surface area contributed by atoms with E-state index in [1.165, 1.54) is 12.8 Å². The van der Waals surface area contributed by atoms with Gasteiger partial charge in [-0.2, -0.15) is 0 Å². The molecule has 0 aromatic rings. The molecular weight excluding hydrogens is 200 g/mol. The second kappa shape index (κ2) is 5.05. The molecule has 0 aromatic carbocycles. The van der Waals surface area contributed by atoms with Crippen LogP contribution in [0.15, 0.2) is 0 Å². The fourth-order valence-corrected chi connectivity index (χ4v) is 4.05. The minimum atomic E-state index is -0.0595. The fraction of sp³-hybridized carbons (Fsp3) is 1.00. The number of hydrogen-bond donors (Lipinski definition) is 2. The normalized spacial score (nSPS) is 50.2. The van der Waals surface area contributed by atoms with E-state index in [1.807, 2.05) is 0 Å². The first-order valence-electron chi connectivity index (χ1n) is 6.94. The van der Waals surface area contributed by atoms with Gasteiger partial charge in [-0.15, -0.1) is 0 Å². The van der Waals surface area contributed by atoms with E-state index in [2.05, 4.69) is 13.8 Å². The van der Waals surface area contributed by atoms with Crippen molar-refractivity contribution in [2.45, 2.75) is 64.6 Å². The molecule has 0 aromatic heterocycles. The average Bonchev–Trinajstić information content (AvgIpc) is 2.19. The number of aliphatic hydroxyl groups excluding tert-OH is 2. The van der Waals surface area contributed by atoms with Crippen molar-refractivity contribution in [1.29, 1.82) is 0 Å². The van der Waals surface area contributed by atoms with Gasteiger partial charge in [0.2, 0.25) is 0 Å². The lowest BCUT2D eigenvalue weighted by molar-refractivity contribution is 0.000922. The molecule has 0 aliphatic heterocycles. The summed E-state index contributed by atoms with van der Waals surface area (Å²) in [7, 11) is 0. The lowest BCUT2D eigenvalue weighted by Crippen LogP contribution is -2.37. The van der Waals surface area contributed by atoms with E-state index in [0.717, 1.165) is 37.5 Å². The standard InChI is InChI=1S/C14H26O2/c1-9-7-11(15)3-5-13(9)14-6-4-12(16)8-10(14)2/h9-16H,3-8H2,1-2H3. The Labute approximate surface area is 99.1 Å². The van der Waals surface area contributed by atoms with Crippen molar-refractivity contribution in [3.8, 4) is 0 Å². The van der Waals surface area contributed by atoms with Crippen LogP contribution in [0.2, 0.25) is 0 Å². The third-order valence-electron chi connectivity index (χ3n) is 4.97. The minimum Gasteiger partial charge on any atom is -0.393 e. The quantitative estimate of drug-likeness (QED) is 0.721. The fourth-order valence-electron chi connectivity index (χ4n) is 4.05. The first-order valence-corrected chi connectivity index (χ1v) is 6.94. The molecule has 6 unspecified atom stereocenters. The third-order valence-corrected chi connectivity index (χ3v) is 4.97. The van der Waals surface area contributed by atoms with E-state index in [4.69, 9.17) is 0 Å². The van der Waals surface area contributed by atoms with Crippen LogP contribution in [0.5, 0.6) is 0 Å². The van der Waals surface area contributed by atoms with E-state index < -0.39 is 0 Å². The summed E-state index contributed by atoms with van der Waals surface area (Å²) in [5, 5.41) is 19.3. The van der Waals surface area contributed by atoms with Crippen LogP contribution < -0.4 is 0 Å². The van der Waals surface area contributed by atoms with Crippen molar-refractivity contribution in [3.63, 3.8) is 0 Å². The summed E-state index contributed by atoms with van der Waals surface area (Å²) in [6.45, 7) is 4.59. The SMILES string of the molecule is CC1CC(O)CCC1C1CCC(O)CC1C. The lowest BCUT2D eigenvalue weighted by atomic mass is 9.64. The largest absolute Gasteiger partial charge is 0.393 e. The van der Waals surface area contributed by atoms with Gasteiger partial charge in [0.1, 0.15) is 0 Å². The van der Waals surface area contributed by atoms with E-state index in [-0.39, 0.29) is 12.2 Å². The maximum atomic E-state index is 9.66. The van der Waals surface area contributed by atoms with Crippen molar-refractivity contribution in [3.05, 3.63) is 0 Å². The Balaban J connectivity index is 1.96. The first-order chi connectivity index (χ1) is 7.58. The molecule has 16 heavy (non-hydrogen) atoms. The van der Waals surface area contributed by atoms with Gasteiger partial charge in [0, 0.05) is 0 Å². The van der Waals surface area contributed by atoms with E-state index in [0.29, 0.717) is 11.8 Å². The molecule has 0 amide bonds. The molecule has 0 spiro atoms. The predicted molar refractivity (Wildman–Crippen MR) is 65.0 cm³/mol. The highest BCUT2D eigenvalue weighted by molar-refractivity contribution is 4.87. The summed E-state index contributed by atoms with van der Waals surface area (Å²) < 4.78 is 0. The van der Waals surface area contributed by atoms with Crippen molar-refractivity contribution >= 4 is 0 Å². The average molecular weight is 226 g/mol. The Hall–Kier alpha value is -0.0800. The second-order valence-corrected chi connectivity index (χ2v) is 6.22. The number of hydrogen-bond acceptors (Lipinski definition) is 2. The Morgan fingerprint density at radius 3 is 1.38 bits per heavy atom. The zero-order valence-corrected chi connectivity index (χ0v) is 10.6. The van der Waals surface area contributed by atoms with Crippen LogP contribution in [-0.2, 0) is 0 Å². The van der Waals surface area contributed by atoms with Crippen molar-refractivity contribution in [2.24, 2.45) is 23.7 Å². The van der Waals surface area contributed by atoms with Crippen molar-refractivity contribution < 1.29 is 10.2 Å². The van der Waals surface area contributed by atoms with Crippen LogP contribution in [-0.4, -0.2) is 22.4 Å². The van der Waals surface area contributed by atoms with Gasteiger partial charge in [-0.05, 0) is 62.2 Å². The lowest BCUT2D eigenvalue weighted by Gasteiger charge is -2.43. The molecule has 2 saturated carbocycles. The maximum absolute atomic E-state index is 9.66. The summed E-state index contributed by atoms with van der Waals surface area (Å²) in [6.07, 6.45) is 6.20. The Kier molecular flexibility index (Phi) is 3.91. The molecule has 0 saturated heterocycles. The van der Waals surface area contributed by atoms with Gasteiger partial charge >= 0.3 is 0 Å². The van der Waals surface area contributed by atoms with Gasteiger partial charge in [-0.1, -0.05) is 13.8 Å². The molecule has 2 fully saturated rings. The van der Waals surface area contributed by atoms with E-state index >= 15 is 0 Å². The van der Waals surface area contributed by atoms with Crippen molar-refractivity contribution in [1.82, 2.24) is 0 Å². The molecule has 94 valence electrons. The Morgan fingerprint density at radius 1 is 0.688 bits per heavy atom. The summed E-state index contributed by atoms with van der Waals surface area (Å²) >= 11 is 0. The smallest absolute Gasteiger partial charge is 0.0543 e. The molecule has 0 heterocycles. The Bertz CT molecular complexity index is 205. The molecule has 6 atom stereocenters. The summed E-state index contributed by atoms with van der Waals surface area (Å²) in [4.78, 5) is 0. The van der Waals surface area contributed by atoms with Crippen LogP contribution in [0.1, 0.15) is 52.4 Å². The monoisotopic (exact) mass is 226 g/mol. The molecule has 2 heteroatoms. The van der Waals surface area contributed by atoms with Crippen LogP contribution >= 0.6 is 0 Å². The molecule has 2 nitrogen and oxygen atoms in total. The zero-order chi connectivity index (χ0) is 11.7. The second-order valence-electron chi connectivity index (χ2n) is 6.22. The van der Waals surface area contributed by atoms with Gasteiger partial charge in [-0.3, -0.25) is 0 Å². The highest BCUT2D eigenvalue weighted by Gasteiger charge is 2.37. The molecule has 2 rings (SSSR count). The summed E-state index contributed by atoms with van der Waals surface area (Å²) in [5.74, 6) is 2.88. The molecular formula is C14H26O2. The van der Waals surface area contributed by atoms with Crippen LogP contribution in [0.4, 0.5) is 0 Å². The molecule has 0 radical (unpaired) electrons. The van der Waals surface area contributed by atoms with Crippen molar-refractivity contribution in [2.75, 3.05) is 0 Å². The van der Waals surface area contributed by atoms with Gasteiger partial charge in [0.05, 0.1) is 12.2 Å². The first kappa shape index (κ1) is 12.4. The molecule has 2 aliphatic rings. The van der Waals surface area contributed by atoms with Crippen LogP contribution in [0.25, 0.3) is 0 Å². The van der Waals surface area contributed by atoms with Crippen LogP contribution in [0.3, 0.4) is 0 Å². The number of aliphatic hydroxyl groups is 2. The minimum absolute atomic E-state index is 0.0595. The predicted octanol–water partition coefficient (Wildman–Crippen LogP) is 2.58. The zero-order valence-electron chi connectivity index (χ0n) is 10.6. The van der Waals surface area contributed by atoms with E-state index in [1.54, 1.807) is 0 Å². The van der Waals surface area contributed by atoms with Gasteiger partial charge < -0.3 is 10.2 Å². The number of rotatable bonds is 1. The van der Waals surface area contributed by atoms with E-state index in [9.17, 15) is 10.2 Å². The third kappa shape index (κ3) is 2.60. The molecule has 0 bridgehead atoms. The van der Waals surface area contributed by atoms with Gasteiger partial charge in [0.25, 0.3) is 0 Å². The topological polar surface area (TPSA) is 40.5 Å². The van der Waals surface area contributed by atoms with Gasteiger partial charge in [-0.25, -0.2) is 0 Å².